The van der Waals surface area contributed by atoms with Crippen LogP contribution in [0, 0.1) is 16.7 Å². The molecule has 1 saturated carbocycles. The molecule has 1 fully saturated rings. The van der Waals surface area contributed by atoms with E-state index in [9.17, 15) is 5.11 Å². The van der Waals surface area contributed by atoms with Gasteiger partial charge < -0.3 is 5.11 Å². The van der Waals surface area contributed by atoms with Crippen molar-refractivity contribution in [2.45, 2.75) is 58.0 Å². The highest BCUT2D eigenvalue weighted by atomic mass is 16.3. The van der Waals surface area contributed by atoms with Crippen LogP contribution in [0.3, 0.4) is 0 Å². The largest absolute Gasteiger partial charge is 0.389 e. The van der Waals surface area contributed by atoms with Crippen LogP contribution < -0.4 is 0 Å². The summed E-state index contributed by atoms with van der Waals surface area (Å²) < 4.78 is 0. The standard InChI is InChI=1S/C11H19NO/c1-10(2)4-3-5-11(13,7-6-10)8-9-12/h13H,3-8H2,1-2H3. The van der Waals surface area contributed by atoms with Crippen LogP contribution >= 0.6 is 0 Å². The third-order valence-electron chi connectivity index (χ3n) is 3.17. The molecule has 1 aliphatic carbocycles. The maximum atomic E-state index is 10.1. The molecule has 74 valence electrons. The van der Waals surface area contributed by atoms with Gasteiger partial charge in [0.2, 0.25) is 0 Å². The lowest BCUT2D eigenvalue weighted by Gasteiger charge is -2.25. The molecule has 1 atom stereocenters. The molecular formula is C11H19NO. The van der Waals surface area contributed by atoms with Crippen LogP contribution in [0.5, 0.6) is 0 Å². The molecule has 1 unspecified atom stereocenters. The van der Waals surface area contributed by atoms with E-state index in [4.69, 9.17) is 5.26 Å². The topological polar surface area (TPSA) is 44.0 Å². The molecule has 0 aliphatic heterocycles. The quantitative estimate of drug-likeness (QED) is 0.632. The summed E-state index contributed by atoms with van der Waals surface area (Å²) in [5.74, 6) is 0. The average molecular weight is 181 g/mol. The summed E-state index contributed by atoms with van der Waals surface area (Å²) in [5.41, 5.74) is -0.345. The van der Waals surface area contributed by atoms with Gasteiger partial charge >= 0.3 is 0 Å². The Balaban J connectivity index is 2.59. The molecule has 1 rings (SSSR count). The summed E-state index contributed by atoms with van der Waals surface area (Å²) in [6, 6.07) is 2.08. The molecule has 0 aromatic rings. The Bertz CT molecular complexity index is 217. The predicted molar refractivity (Wildman–Crippen MR) is 52.0 cm³/mol. The van der Waals surface area contributed by atoms with Crippen LogP contribution in [0.25, 0.3) is 0 Å². The van der Waals surface area contributed by atoms with Crippen molar-refractivity contribution in [1.29, 1.82) is 5.26 Å². The zero-order valence-electron chi connectivity index (χ0n) is 8.64. The molecule has 0 bridgehead atoms. The van der Waals surface area contributed by atoms with Crippen molar-refractivity contribution in [2.75, 3.05) is 0 Å². The second-order valence-electron chi connectivity index (χ2n) is 5.08. The lowest BCUT2D eigenvalue weighted by atomic mass is 9.84. The molecule has 0 spiro atoms. The van der Waals surface area contributed by atoms with E-state index in [0.29, 0.717) is 11.8 Å². The van der Waals surface area contributed by atoms with Gasteiger partial charge in [-0.3, -0.25) is 0 Å². The second kappa shape index (κ2) is 3.67. The molecule has 0 heterocycles. The van der Waals surface area contributed by atoms with Crippen LogP contribution in [-0.2, 0) is 0 Å². The predicted octanol–water partition coefficient (Wildman–Crippen LogP) is 2.62. The van der Waals surface area contributed by atoms with E-state index in [1.54, 1.807) is 0 Å². The second-order valence-corrected chi connectivity index (χ2v) is 5.08. The summed E-state index contributed by atoms with van der Waals surface area (Å²) in [4.78, 5) is 0. The van der Waals surface area contributed by atoms with Gasteiger partial charge in [0.1, 0.15) is 0 Å². The molecule has 2 heteroatoms. The highest BCUT2D eigenvalue weighted by Gasteiger charge is 2.33. The van der Waals surface area contributed by atoms with Gasteiger partial charge in [-0.25, -0.2) is 0 Å². The maximum Gasteiger partial charge on any atom is 0.0777 e. The minimum atomic E-state index is -0.692. The van der Waals surface area contributed by atoms with E-state index in [-0.39, 0.29) is 0 Å². The Morgan fingerprint density at radius 2 is 1.92 bits per heavy atom. The fraction of sp³-hybridized carbons (Fsp3) is 0.909. The fourth-order valence-corrected chi connectivity index (χ4v) is 2.04. The zero-order valence-corrected chi connectivity index (χ0v) is 8.64. The van der Waals surface area contributed by atoms with Crippen LogP contribution in [0.1, 0.15) is 52.4 Å². The first kappa shape index (κ1) is 10.5. The van der Waals surface area contributed by atoms with E-state index in [1.807, 2.05) is 0 Å². The fourth-order valence-electron chi connectivity index (χ4n) is 2.04. The van der Waals surface area contributed by atoms with E-state index < -0.39 is 5.60 Å². The van der Waals surface area contributed by atoms with Crippen molar-refractivity contribution in [3.63, 3.8) is 0 Å². The van der Waals surface area contributed by atoms with Gasteiger partial charge in [-0.1, -0.05) is 20.3 Å². The number of nitriles is 1. The summed E-state index contributed by atoms with van der Waals surface area (Å²) in [7, 11) is 0. The van der Waals surface area contributed by atoms with Crippen molar-refractivity contribution in [2.24, 2.45) is 5.41 Å². The van der Waals surface area contributed by atoms with Crippen molar-refractivity contribution in [3.8, 4) is 6.07 Å². The molecular weight excluding hydrogens is 162 g/mol. The van der Waals surface area contributed by atoms with Crippen LogP contribution in [-0.4, -0.2) is 10.7 Å². The van der Waals surface area contributed by atoms with E-state index in [2.05, 4.69) is 19.9 Å². The van der Waals surface area contributed by atoms with Gasteiger partial charge in [0, 0.05) is 0 Å². The molecule has 2 nitrogen and oxygen atoms in total. The zero-order chi connectivity index (χ0) is 9.95. The molecule has 1 aliphatic rings. The third-order valence-corrected chi connectivity index (χ3v) is 3.17. The number of rotatable bonds is 1. The summed E-state index contributed by atoms with van der Waals surface area (Å²) in [6.45, 7) is 4.48. The average Bonchev–Trinajstić information content (AvgIpc) is 2.13. The van der Waals surface area contributed by atoms with E-state index in [0.717, 1.165) is 25.7 Å². The first-order chi connectivity index (χ1) is 5.97. The molecule has 0 amide bonds. The van der Waals surface area contributed by atoms with Gasteiger partial charge in [-0.15, -0.1) is 0 Å². The lowest BCUT2D eigenvalue weighted by Crippen LogP contribution is -2.27. The number of nitrogens with zero attached hydrogens (tertiary/aromatic N) is 1. The molecule has 13 heavy (non-hydrogen) atoms. The smallest absolute Gasteiger partial charge is 0.0777 e. The number of aliphatic hydroxyl groups is 1. The Kier molecular flexibility index (Phi) is 2.98. The third kappa shape index (κ3) is 3.00. The van der Waals surface area contributed by atoms with Crippen molar-refractivity contribution in [3.05, 3.63) is 0 Å². The van der Waals surface area contributed by atoms with Crippen LogP contribution in [0.15, 0.2) is 0 Å². The maximum absolute atomic E-state index is 10.1. The Morgan fingerprint density at radius 1 is 1.23 bits per heavy atom. The van der Waals surface area contributed by atoms with Crippen molar-refractivity contribution < 1.29 is 5.11 Å². The summed E-state index contributed by atoms with van der Waals surface area (Å²) in [5, 5.41) is 18.7. The van der Waals surface area contributed by atoms with Crippen LogP contribution in [0.2, 0.25) is 0 Å². The number of hydrogen-bond acceptors (Lipinski definition) is 2. The van der Waals surface area contributed by atoms with Gasteiger partial charge in [0.05, 0.1) is 18.1 Å². The Hall–Kier alpha value is -0.550. The minimum Gasteiger partial charge on any atom is -0.389 e. The van der Waals surface area contributed by atoms with Crippen molar-refractivity contribution in [1.82, 2.24) is 0 Å². The van der Waals surface area contributed by atoms with Gasteiger partial charge in [0.15, 0.2) is 0 Å². The molecule has 0 saturated heterocycles. The molecule has 0 aromatic heterocycles. The Morgan fingerprint density at radius 3 is 2.54 bits per heavy atom. The monoisotopic (exact) mass is 181 g/mol. The van der Waals surface area contributed by atoms with Crippen LogP contribution in [0.4, 0.5) is 0 Å². The highest BCUT2D eigenvalue weighted by molar-refractivity contribution is 4.92. The molecule has 1 N–H and O–H groups in total. The van der Waals surface area contributed by atoms with Gasteiger partial charge in [-0.05, 0) is 31.1 Å². The summed E-state index contributed by atoms with van der Waals surface area (Å²) >= 11 is 0. The van der Waals surface area contributed by atoms with Crippen molar-refractivity contribution >= 4 is 0 Å². The first-order valence-electron chi connectivity index (χ1n) is 5.07. The normalized spacial score (nSPS) is 33.4. The highest BCUT2D eigenvalue weighted by Crippen LogP contribution is 2.39. The van der Waals surface area contributed by atoms with E-state index in [1.165, 1.54) is 6.42 Å². The SMILES string of the molecule is CC1(C)CCCC(O)(CC#N)CC1. The Labute approximate surface area is 80.6 Å². The lowest BCUT2D eigenvalue weighted by molar-refractivity contribution is 0.0269. The first-order valence-corrected chi connectivity index (χ1v) is 5.07. The molecule has 0 radical (unpaired) electrons. The van der Waals surface area contributed by atoms with E-state index >= 15 is 0 Å². The number of hydrogen-bond donors (Lipinski definition) is 1. The molecule has 0 aromatic carbocycles. The minimum absolute atomic E-state index is 0.295. The summed E-state index contributed by atoms with van der Waals surface area (Å²) in [6.07, 6.45) is 5.12. The van der Waals surface area contributed by atoms with Gasteiger partial charge in [-0.2, -0.15) is 5.26 Å². The van der Waals surface area contributed by atoms with Gasteiger partial charge in [0.25, 0.3) is 0 Å².